The van der Waals surface area contributed by atoms with Crippen LogP contribution in [-0.4, -0.2) is 11.0 Å². The van der Waals surface area contributed by atoms with E-state index in [1.807, 2.05) is 0 Å². The van der Waals surface area contributed by atoms with Gasteiger partial charge in [0, 0.05) is 18.2 Å². The van der Waals surface area contributed by atoms with E-state index in [-0.39, 0.29) is 16.7 Å². The molecule has 1 aromatic rings. The van der Waals surface area contributed by atoms with E-state index >= 15 is 0 Å². The van der Waals surface area contributed by atoms with Crippen LogP contribution in [0, 0.1) is 0 Å². The topological polar surface area (TPSA) is 49.3 Å². The van der Waals surface area contributed by atoms with Crippen molar-refractivity contribution in [1.82, 2.24) is 0 Å². The highest BCUT2D eigenvalue weighted by Gasteiger charge is 2.04. The third-order valence-electron chi connectivity index (χ3n) is 2.49. The van der Waals surface area contributed by atoms with Gasteiger partial charge in [-0.3, -0.25) is 4.79 Å². The molecular formula is C13H18ClNO2. The fourth-order valence-electron chi connectivity index (χ4n) is 1.53. The highest BCUT2D eigenvalue weighted by Crippen LogP contribution is 2.26. The molecule has 1 amide bonds. The van der Waals surface area contributed by atoms with E-state index in [4.69, 9.17) is 11.6 Å². The molecule has 0 aromatic heterocycles. The smallest absolute Gasteiger partial charge is 0.224 e. The Hall–Kier alpha value is -1.22. The summed E-state index contributed by atoms with van der Waals surface area (Å²) < 4.78 is 0. The van der Waals surface area contributed by atoms with Crippen LogP contribution in [-0.2, 0) is 4.79 Å². The molecule has 0 aliphatic heterocycles. The number of phenolic OH excluding ortho intramolecular Hbond substituents is 1. The highest BCUT2D eigenvalue weighted by atomic mass is 35.5. The molecule has 1 aromatic carbocycles. The van der Waals surface area contributed by atoms with Crippen molar-refractivity contribution in [3.05, 3.63) is 23.2 Å². The van der Waals surface area contributed by atoms with Gasteiger partial charge in [0.1, 0.15) is 5.75 Å². The van der Waals surface area contributed by atoms with E-state index in [1.54, 1.807) is 12.1 Å². The quantitative estimate of drug-likeness (QED) is 0.756. The molecule has 0 unspecified atom stereocenters. The fourth-order valence-corrected chi connectivity index (χ4v) is 1.64. The van der Waals surface area contributed by atoms with Crippen molar-refractivity contribution in [2.45, 2.75) is 39.0 Å². The van der Waals surface area contributed by atoms with Gasteiger partial charge in [-0.25, -0.2) is 0 Å². The van der Waals surface area contributed by atoms with Gasteiger partial charge in [-0.15, -0.1) is 0 Å². The zero-order chi connectivity index (χ0) is 12.7. The lowest BCUT2D eigenvalue weighted by atomic mass is 10.1. The molecule has 3 nitrogen and oxygen atoms in total. The first-order chi connectivity index (χ1) is 8.13. The van der Waals surface area contributed by atoms with Crippen molar-refractivity contribution in [1.29, 1.82) is 0 Å². The molecule has 94 valence electrons. The number of nitrogens with one attached hydrogen (secondary N) is 1. The third-order valence-corrected chi connectivity index (χ3v) is 2.81. The minimum absolute atomic E-state index is 0.0181. The number of anilines is 1. The largest absolute Gasteiger partial charge is 0.506 e. The number of unbranched alkanes of at least 4 members (excludes halogenated alkanes) is 3. The molecule has 4 heteroatoms. The first-order valence-electron chi connectivity index (χ1n) is 5.92. The zero-order valence-corrected chi connectivity index (χ0v) is 10.8. The number of phenols is 1. The molecule has 0 saturated heterocycles. The number of amides is 1. The van der Waals surface area contributed by atoms with Gasteiger partial charge < -0.3 is 10.4 Å². The van der Waals surface area contributed by atoms with E-state index < -0.39 is 0 Å². The van der Waals surface area contributed by atoms with E-state index in [0.29, 0.717) is 12.1 Å². The predicted octanol–water partition coefficient (Wildman–Crippen LogP) is 3.95. The third kappa shape index (κ3) is 5.09. The molecule has 0 bridgehead atoms. The molecule has 1 rings (SSSR count). The Kier molecular flexibility index (Phi) is 5.84. The van der Waals surface area contributed by atoms with Crippen LogP contribution in [0.5, 0.6) is 5.75 Å². The highest BCUT2D eigenvalue weighted by molar-refractivity contribution is 6.32. The number of aromatic hydroxyl groups is 1. The molecule has 0 aliphatic rings. The van der Waals surface area contributed by atoms with Gasteiger partial charge in [0.15, 0.2) is 0 Å². The van der Waals surface area contributed by atoms with Gasteiger partial charge in [0.25, 0.3) is 0 Å². The predicted molar refractivity (Wildman–Crippen MR) is 70.5 cm³/mol. The molecule has 0 atom stereocenters. The zero-order valence-electron chi connectivity index (χ0n) is 10.0. The summed E-state index contributed by atoms with van der Waals surface area (Å²) >= 11 is 5.67. The lowest BCUT2D eigenvalue weighted by Crippen LogP contribution is -2.10. The Balaban J connectivity index is 2.37. The second-order valence-corrected chi connectivity index (χ2v) is 4.43. The van der Waals surface area contributed by atoms with Crippen LogP contribution < -0.4 is 5.32 Å². The van der Waals surface area contributed by atoms with Gasteiger partial charge >= 0.3 is 0 Å². The standard InChI is InChI=1S/C13H18ClNO2/c1-2-3-4-5-6-13(17)15-10-7-8-11(14)12(16)9-10/h7-9,16H,2-6H2,1H3,(H,15,17). The summed E-state index contributed by atoms with van der Waals surface area (Å²) in [4.78, 5) is 11.5. The van der Waals surface area contributed by atoms with E-state index in [0.717, 1.165) is 25.7 Å². The number of carbonyl (C=O) groups excluding carboxylic acids is 1. The van der Waals surface area contributed by atoms with Crippen LogP contribution in [0.15, 0.2) is 18.2 Å². The first-order valence-corrected chi connectivity index (χ1v) is 6.29. The summed E-state index contributed by atoms with van der Waals surface area (Å²) in [5.41, 5.74) is 0.576. The van der Waals surface area contributed by atoms with Crippen molar-refractivity contribution in [3.8, 4) is 5.75 Å². The number of benzene rings is 1. The minimum atomic E-state index is -0.0252. The van der Waals surface area contributed by atoms with Crippen molar-refractivity contribution in [2.75, 3.05) is 5.32 Å². The second kappa shape index (κ2) is 7.17. The molecule has 2 N–H and O–H groups in total. The molecule has 0 spiro atoms. The molecule has 0 heterocycles. The Bertz CT molecular complexity index is 380. The van der Waals surface area contributed by atoms with Crippen LogP contribution in [0.4, 0.5) is 5.69 Å². The van der Waals surface area contributed by atoms with Crippen molar-refractivity contribution < 1.29 is 9.90 Å². The lowest BCUT2D eigenvalue weighted by molar-refractivity contribution is -0.116. The van der Waals surface area contributed by atoms with Gasteiger partial charge in [0.2, 0.25) is 5.91 Å². The van der Waals surface area contributed by atoms with E-state index in [2.05, 4.69) is 12.2 Å². The first kappa shape index (κ1) is 13.8. The maximum atomic E-state index is 11.5. The molecule has 0 aliphatic carbocycles. The van der Waals surface area contributed by atoms with Crippen LogP contribution >= 0.6 is 11.6 Å². The number of rotatable bonds is 6. The molecule has 0 fully saturated rings. The van der Waals surface area contributed by atoms with E-state index in [1.165, 1.54) is 6.07 Å². The van der Waals surface area contributed by atoms with Crippen molar-refractivity contribution in [3.63, 3.8) is 0 Å². The minimum Gasteiger partial charge on any atom is -0.506 e. The average Bonchev–Trinajstić information content (AvgIpc) is 2.30. The number of hydrogen-bond donors (Lipinski definition) is 2. The van der Waals surface area contributed by atoms with Gasteiger partial charge in [-0.05, 0) is 18.6 Å². The normalized spacial score (nSPS) is 10.2. The SMILES string of the molecule is CCCCCCC(=O)Nc1ccc(Cl)c(O)c1. The summed E-state index contributed by atoms with van der Waals surface area (Å²) in [6, 6.07) is 4.68. The van der Waals surface area contributed by atoms with Crippen LogP contribution in [0.2, 0.25) is 5.02 Å². The maximum absolute atomic E-state index is 11.5. The fraction of sp³-hybridized carbons (Fsp3) is 0.462. The van der Waals surface area contributed by atoms with Gasteiger partial charge in [0.05, 0.1) is 5.02 Å². The monoisotopic (exact) mass is 255 g/mol. The molecule has 0 radical (unpaired) electrons. The Morgan fingerprint density at radius 1 is 1.35 bits per heavy atom. The van der Waals surface area contributed by atoms with Gasteiger partial charge in [-0.2, -0.15) is 0 Å². The number of carbonyl (C=O) groups is 1. The molecule has 17 heavy (non-hydrogen) atoms. The van der Waals surface area contributed by atoms with Gasteiger partial charge in [-0.1, -0.05) is 37.8 Å². The number of hydrogen-bond acceptors (Lipinski definition) is 2. The lowest BCUT2D eigenvalue weighted by Gasteiger charge is -2.06. The molecular weight excluding hydrogens is 238 g/mol. The van der Waals surface area contributed by atoms with Crippen LogP contribution in [0.25, 0.3) is 0 Å². The second-order valence-electron chi connectivity index (χ2n) is 4.03. The number of halogens is 1. The van der Waals surface area contributed by atoms with Crippen LogP contribution in [0.3, 0.4) is 0 Å². The summed E-state index contributed by atoms with van der Waals surface area (Å²) in [5.74, 6) is -0.0433. The summed E-state index contributed by atoms with van der Waals surface area (Å²) in [5, 5.41) is 12.4. The summed E-state index contributed by atoms with van der Waals surface area (Å²) in [6.45, 7) is 2.14. The summed E-state index contributed by atoms with van der Waals surface area (Å²) in [7, 11) is 0. The van der Waals surface area contributed by atoms with E-state index in [9.17, 15) is 9.90 Å². The van der Waals surface area contributed by atoms with Crippen molar-refractivity contribution in [2.24, 2.45) is 0 Å². The molecule has 0 saturated carbocycles. The Morgan fingerprint density at radius 2 is 2.12 bits per heavy atom. The summed E-state index contributed by atoms with van der Waals surface area (Å²) in [6.07, 6.45) is 4.82. The van der Waals surface area contributed by atoms with Crippen LogP contribution in [0.1, 0.15) is 39.0 Å². The van der Waals surface area contributed by atoms with Crippen molar-refractivity contribution >= 4 is 23.2 Å². The maximum Gasteiger partial charge on any atom is 0.224 e. The Labute approximate surface area is 107 Å². The Morgan fingerprint density at radius 3 is 2.76 bits per heavy atom. The average molecular weight is 256 g/mol.